The highest BCUT2D eigenvalue weighted by Gasteiger charge is 2.14. The zero-order valence-corrected chi connectivity index (χ0v) is 20.2. The maximum Gasteiger partial charge on any atom is 0.248 e. The van der Waals surface area contributed by atoms with Crippen molar-refractivity contribution in [2.75, 3.05) is 50.7 Å². The summed E-state index contributed by atoms with van der Waals surface area (Å²) in [4.78, 5) is 26.8. The second-order valence-corrected chi connectivity index (χ2v) is 8.14. The van der Waals surface area contributed by atoms with E-state index in [9.17, 15) is 4.79 Å². The molecule has 9 heteroatoms. The van der Waals surface area contributed by atoms with E-state index >= 15 is 0 Å². The fraction of sp³-hybridized carbons (Fsp3) is 0.192. The first-order valence-corrected chi connectivity index (χ1v) is 11.2. The number of aromatic nitrogens is 3. The molecule has 0 saturated carbocycles. The highest BCUT2D eigenvalue weighted by Crippen LogP contribution is 2.36. The molecule has 4 aromatic rings. The van der Waals surface area contributed by atoms with E-state index in [1.165, 1.54) is 6.08 Å². The van der Waals surface area contributed by atoms with Crippen LogP contribution in [0.1, 0.15) is 0 Å². The van der Waals surface area contributed by atoms with Crippen molar-refractivity contribution in [3.8, 4) is 17.0 Å². The third kappa shape index (κ3) is 5.59. The summed E-state index contributed by atoms with van der Waals surface area (Å²) in [6.45, 7) is 0.672. The molecule has 0 fully saturated rings. The van der Waals surface area contributed by atoms with Crippen molar-refractivity contribution in [2.24, 2.45) is 0 Å². The quantitative estimate of drug-likeness (QED) is 0.267. The lowest BCUT2D eigenvalue weighted by atomic mass is 10.1. The molecule has 4 rings (SSSR count). The molecule has 0 aliphatic carbocycles. The van der Waals surface area contributed by atoms with E-state index in [0.717, 1.165) is 27.8 Å². The molecule has 0 unspecified atom stereocenters. The van der Waals surface area contributed by atoms with Crippen LogP contribution in [0.4, 0.5) is 23.0 Å². The maximum atomic E-state index is 12.4. The molecule has 2 aromatic carbocycles. The van der Waals surface area contributed by atoms with Crippen molar-refractivity contribution in [1.82, 2.24) is 19.9 Å². The van der Waals surface area contributed by atoms with Crippen molar-refractivity contribution < 1.29 is 9.53 Å². The van der Waals surface area contributed by atoms with Crippen molar-refractivity contribution in [1.29, 1.82) is 0 Å². The van der Waals surface area contributed by atoms with Crippen LogP contribution in [0, 0.1) is 0 Å². The number of nitrogens with zero attached hydrogens (tertiary/aromatic N) is 3. The highest BCUT2D eigenvalue weighted by atomic mass is 16.5. The third-order valence-corrected chi connectivity index (χ3v) is 5.37. The summed E-state index contributed by atoms with van der Waals surface area (Å²) in [5, 5.41) is 10.3. The molecule has 0 radical (unpaired) electrons. The van der Waals surface area contributed by atoms with Gasteiger partial charge in [-0.15, -0.1) is 0 Å². The average molecular weight is 472 g/mol. The largest absolute Gasteiger partial charge is 0.494 e. The maximum absolute atomic E-state index is 12.4. The Balaban J connectivity index is 1.62. The van der Waals surface area contributed by atoms with Crippen molar-refractivity contribution in [2.45, 2.75) is 0 Å². The van der Waals surface area contributed by atoms with Gasteiger partial charge in [0.15, 0.2) is 0 Å². The molecule has 2 aromatic heterocycles. The van der Waals surface area contributed by atoms with E-state index in [4.69, 9.17) is 9.72 Å². The number of H-pyrrole nitrogens is 1. The lowest BCUT2D eigenvalue weighted by molar-refractivity contribution is -0.111. The number of hydrogen-bond donors (Lipinski definition) is 4. The Morgan fingerprint density at radius 1 is 1.14 bits per heavy atom. The summed E-state index contributed by atoms with van der Waals surface area (Å²) in [5.74, 6) is 0.764. The first kappa shape index (κ1) is 23.8. The van der Waals surface area contributed by atoms with E-state index in [1.807, 2.05) is 55.5 Å². The van der Waals surface area contributed by atoms with Gasteiger partial charge in [-0.25, -0.2) is 9.97 Å². The molecule has 9 nitrogen and oxygen atoms in total. The van der Waals surface area contributed by atoms with Gasteiger partial charge < -0.3 is 30.6 Å². The topological polar surface area (TPSA) is 107 Å². The van der Waals surface area contributed by atoms with Crippen LogP contribution in [-0.4, -0.2) is 60.6 Å². The van der Waals surface area contributed by atoms with Crippen LogP contribution < -0.4 is 20.7 Å². The van der Waals surface area contributed by atoms with Crippen LogP contribution in [0.25, 0.3) is 22.2 Å². The lowest BCUT2D eigenvalue weighted by Gasteiger charge is -2.16. The van der Waals surface area contributed by atoms with Gasteiger partial charge in [-0.05, 0) is 32.3 Å². The molecule has 4 N–H and O–H groups in total. The van der Waals surface area contributed by atoms with E-state index in [-0.39, 0.29) is 5.91 Å². The fourth-order valence-corrected chi connectivity index (χ4v) is 3.67. The third-order valence-electron chi connectivity index (χ3n) is 5.37. The minimum atomic E-state index is -0.225. The first-order valence-electron chi connectivity index (χ1n) is 11.2. The van der Waals surface area contributed by atoms with Crippen molar-refractivity contribution in [3.05, 3.63) is 67.0 Å². The fourth-order valence-electron chi connectivity index (χ4n) is 3.67. The zero-order valence-electron chi connectivity index (χ0n) is 20.2. The standard InChI is InChI=1S/C26H29N7O2/c1-27-21-15-24(35-4)23(14-22(21)30-25(34)10-7-13-33(2)3)32-26-28-12-11-20(31-26)18-16-29-19-9-6-5-8-17(18)19/h5-12,14-16,27,29H,13H2,1-4H3,(H,30,34)(H,28,31,32)/b10-7+. The number of amides is 1. The summed E-state index contributed by atoms with van der Waals surface area (Å²) >= 11 is 0. The van der Waals surface area contributed by atoms with Crippen molar-refractivity contribution in [3.63, 3.8) is 0 Å². The number of rotatable bonds is 9. The molecule has 0 spiro atoms. The van der Waals surface area contributed by atoms with Gasteiger partial charge in [-0.3, -0.25) is 4.79 Å². The number of aromatic amines is 1. The molecule has 1 amide bonds. The lowest BCUT2D eigenvalue weighted by Crippen LogP contribution is -2.13. The highest BCUT2D eigenvalue weighted by molar-refractivity contribution is 6.02. The second-order valence-electron chi connectivity index (χ2n) is 8.14. The summed E-state index contributed by atoms with van der Waals surface area (Å²) in [6.07, 6.45) is 6.97. The number of para-hydroxylation sites is 1. The Bertz CT molecular complexity index is 1360. The molecule has 0 bridgehead atoms. The molecule has 0 aliphatic heterocycles. The van der Waals surface area contributed by atoms with Crippen LogP contribution in [0.15, 0.2) is 67.0 Å². The molecule has 0 atom stereocenters. The Labute approximate surface area is 204 Å². The van der Waals surface area contributed by atoms with Crippen LogP contribution in [0.2, 0.25) is 0 Å². The number of ether oxygens (including phenoxy) is 1. The van der Waals surface area contributed by atoms with E-state index in [2.05, 4.69) is 32.0 Å². The molecule has 2 heterocycles. The minimum absolute atomic E-state index is 0.225. The molecule has 35 heavy (non-hydrogen) atoms. The van der Waals surface area contributed by atoms with E-state index < -0.39 is 0 Å². The van der Waals surface area contributed by atoms with Crippen molar-refractivity contribution >= 4 is 39.8 Å². The van der Waals surface area contributed by atoms with Gasteiger partial charge in [0.05, 0.1) is 29.9 Å². The molecule has 180 valence electrons. The molecular weight excluding hydrogens is 442 g/mol. The van der Waals surface area contributed by atoms with Crippen LogP contribution in [-0.2, 0) is 4.79 Å². The van der Waals surface area contributed by atoms with Gasteiger partial charge in [0.2, 0.25) is 11.9 Å². The van der Waals surface area contributed by atoms with E-state index in [1.54, 1.807) is 32.5 Å². The average Bonchev–Trinajstić information content (AvgIpc) is 3.28. The molecular formula is C26H29N7O2. The zero-order chi connectivity index (χ0) is 24.8. The Morgan fingerprint density at radius 3 is 2.74 bits per heavy atom. The predicted octanol–water partition coefficient (Wildman–Crippen LogP) is 4.48. The van der Waals surface area contributed by atoms with Crippen LogP contribution in [0.3, 0.4) is 0 Å². The second kappa shape index (κ2) is 10.7. The number of methoxy groups -OCH3 is 1. The summed E-state index contributed by atoms with van der Waals surface area (Å²) in [7, 11) is 7.26. The number of likely N-dealkylation sites (N-methyl/N-ethyl adjacent to an activating group) is 1. The number of hydrogen-bond acceptors (Lipinski definition) is 7. The number of benzene rings is 2. The molecule has 0 aliphatic rings. The SMILES string of the molecule is CNc1cc(OC)c(Nc2nccc(-c3c[nH]c4ccccc34)n2)cc1NC(=O)/C=C/CN(C)C. The van der Waals surface area contributed by atoms with Gasteiger partial charge in [0, 0.05) is 54.6 Å². The van der Waals surface area contributed by atoms with Gasteiger partial charge in [-0.2, -0.15) is 0 Å². The first-order chi connectivity index (χ1) is 17.0. The number of anilines is 4. The van der Waals surface area contributed by atoms with Crippen LogP contribution in [0.5, 0.6) is 5.75 Å². The number of nitrogens with one attached hydrogen (secondary N) is 4. The summed E-state index contributed by atoms with van der Waals surface area (Å²) < 4.78 is 5.58. The number of carbonyl (C=O) groups is 1. The van der Waals surface area contributed by atoms with E-state index in [0.29, 0.717) is 29.6 Å². The normalized spacial score (nSPS) is 11.2. The minimum Gasteiger partial charge on any atom is -0.494 e. The molecule has 0 saturated heterocycles. The van der Waals surface area contributed by atoms with Gasteiger partial charge in [-0.1, -0.05) is 24.3 Å². The van der Waals surface area contributed by atoms with Crippen LogP contribution >= 0.6 is 0 Å². The Kier molecular flexibility index (Phi) is 7.27. The Hall–Kier alpha value is -4.37. The summed E-state index contributed by atoms with van der Waals surface area (Å²) in [5.41, 5.74) is 4.75. The number of carbonyl (C=O) groups excluding carboxylic acids is 1. The smallest absolute Gasteiger partial charge is 0.248 e. The van der Waals surface area contributed by atoms with Gasteiger partial charge in [0.1, 0.15) is 5.75 Å². The Morgan fingerprint density at radius 2 is 1.97 bits per heavy atom. The summed E-state index contributed by atoms with van der Waals surface area (Å²) in [6, 6.07) is 13.5. The monoisotopic (exact) mass is 471 g/mol. The predicted molar refractivity (Wildman–Crippen MR) is 141 cm³/mol. The number of fused-ring (bicyclic) bond motifs is 1. The van der Waals surface area contributed by atoms with Gasteiger partial charge >= 0.3 is 0 Å². The van der Waals surface area contributed by atoms with Gasteiger partial charge in [0.25, 0.3) is 0 Å².